The quantitative estimate of drug-likeness (QED) is 0.283. The number of aromatic nitrogens is 3. The lowest BCUT2D eigenvalue weighted by molar-refractivity contribution is 0.0947. The summed E-state index contributed by atoms with van der Waals surface area (Å²) in [5, 5.41) is 15.2. The molecule has 174 valence electrons. The molecular weight excluding hydrogens is 484 g/mol. The number of hydrogen-bond donors (Lipinski definition) is 3. The molecule has 3 aromatic rings. The van der Waals surface area contributed by atoms with Gasteiger partial charge < -0.3 is 25.4 Å². The summed E-state index contributed by atoms with van der Waals surface area (Å²) in [5.41, 5.74) is 1.05. The zero-order valence-electron chi connectivity index (χ0n) is 19.3. The van der Waals surface area contributed by atoms with E-state index in [-0.39, 0.29) is 11.4 Å². The average molecular weight is 504 g/mol. The molecule has 0 unspecified atom stereocenters. The van der Waals surface area contributed by atoms with Gasteiger partial charge in [0.25, 0.3) is 5.91 Å². The van der Waals surface area contributed by atoms with Gasteiger partial charge in [0.2, 0.25) is 0 Å². The summed E-state index contributed by atoms with van der Waals surface area (Å²) in [5.74, 6) is 1.42. The van der Waals surface area contributed by atoms with Gasteiger partial charge in [-0.3, -0.25) is 4.79 Å². The Morgan fingerprint density at radius 3 is 2.57 bits per heavy atom. The molecule has 0 aliphatic rings. The van der Waals surface area contributed by atoms with E-state index in [1.165, 1.54) is 18.0 Å². The second-order valence-electron chi connectivity index (χ2n) is 7.24. The fourth-order valence-corrected chi connectivity index (χ4v) is 3.74. The summed E-state index contributed by atoms with van der Waals surface area (Å²) in [7, 11) is 19.7. The van der Waals surface area contributed by atoms with Gasteiger partial charge in [-0.15, -0.1) is 22.0 Å². The highest BCUT2D eigenvalue weighted by molar-refractivity contribution is 7.98. The van der Waals surface area contributed by atoms with Gasteiger partial charge in [0, 0.05) is 30.4 Å². The minimum atomic E-state index is -1.94. The number of nitrogens with zero attached hydrogens (tertiary/aromatic N) is 3. The number of rotatable bonds is 10. The summed E-state index contributed by atoms with van der Waals surface area (Å²) in [6.45, 7) is 0.361. The molecule has 1 amide bonds. The SMILES string of the molecule is [B]C([B])([B])NC(=O)c1nnc(NCc2ccc(OC)cc2OC)cc1Nc1ncc(Cl)cc1SC. The van der Waals surface area contributed by atoms with Gasteiger partial charge in [-0.2, -0.15) is 0 Å². The van der Waals surface area contributed by atoms with E-state index in [9.17, 15) is 4.79 Å². The van der Waals surface area contributed by atoms with Crippen molar-refractivity contribution in [2.75, 3.05) is 31.1 Å². The fraction of sp³-hybridized carbons (Fsp3) is 0.238. The largest absolute Gasteiger partial charge is 0.497 e. The summed E-state index contributed by atoms with van der Waals surface area (Å²) < 4.78 is 10.7. The minimum Gasteiger partial charge on any atom is -0.497 e. The van der Waals surface area contributed by atoms with Crippen LogP contribution >= 0.6 is 23.4 Å². The Balaban J connectivity index is 1.93. The van der Waals surface area contributed by atoms with Gasteiger partial charge in [0.15, 0.2) is 11.5 Å². The Hall–Kier alpha value is -3.05. The number of amides is 1. The van der Waals surface area contributed by atoms with Gasteiger partial charge in [-0.25, -0.2) is 4.98 Å². The van der Waals surface area contributed by atoms with Crippen LogP contribution in [0.1, 0.15) is 16.1 Å². The van der Waals surface area contributed by atoms with E-state index in [2.05, 4.69) is 31.1 Å². The van der Waals surface area contributed by atoms with E-state index >= 15 is 0 Å². The molecule has 0 saturated carbocycles. The number of carbonyl (C=O) groups excluding carboxylic acids is 1. The van der Waals surface area contributed by atoms with Crippen LogP contribution in [0.25, 0.3) is 0 Å². The van der Waals surface area contributed by atoms with Crippen molar-refractivity contribution in [3.63, 3.8) is 0 Å². The molecule has 0 spiro atoms. The number of methoxy groups -OCH3 is 2. The van der Waals surface area contributed by atoms with Crippen LogP contribution in [0.15, 0.2) is 41.4 Å². The first-order valence-electron chi connectivity index (χ1n) is 10.1. The van der Waals surface area contributed by atoms with Crippen LogP contribution in [-0.4, -0.2) is 70.3 Å². The minimum absolute atomic E-state index is 0.0906. The smallest absolute Gasteiger partial charge is 0.272 e. The van der Waals surface area contributed by atoms with Crippen molar-refractivity contribution >= 4 is 70.1 Å². The number of hydrogen-bond acceptors (Lipinski definition) is 9. The number of ether oxygens (including phenoxy) is 2. The molecular formula is C21H20B3ClN6O3S. The standard InChI is InChI=1S/C21H20B3ClN6O3S/c1-33-13-5-4-11(15(7-13)34-2)9-26-17-8-14(18(31-30-17)20(32)29-21(22,23)24)28-19-16(35-3)6-12(25)10-27-19/h4-8,10H,9H2,1-3H3,(H,29,32)(H2,26,27,28,30). The Bertz CT molecular complexity index is 1220. The number of nitrogens with one attached hydrogen (secondary N) is 3. The van der Waals surface area contributed by atoms with Gasteiger partial charge >= 0.3 is 0 Å². The van der Waals surface area contributed by atoms with E-state index < -0.39 is 11.1 Å². The number of pyridine rings is 1. The molecule has 3 rings (SSSR count). The molecule has 35 heavy (non-hydrogen) atoms. The Kier molecular flexibility index (Phi) is 8.79. The second-order valence-corrected chi connectivity index (χ2v) is 8.52. The van der Waals surface area contributed by atoms with Crippen LogP contribution < -0.4 is 25.4 Å². The highest BCUT2D eigenvalue weighted by atomic mass is 35.5. The van der Waals surface area contributed by atoms with Crippen LogP contribution in [0.2, 0.25) is 5.02 Å². The molecule has 3 N–H and O–H groups in total. The molecule has 0 aliphatic carbocycles. The Morgan fingerprint density at radius 2 is 1.91 bits per heavy atom. The lowest BCUT2D eigenvalue weighted by Gasteiger charge is -2.22. The number of halogens is 1. The number of benzene rings is 1. The zero-order chi connectivity index (χ0) is 25.6. The van der Waals surface area contributed by atoms with Crippen molar-refractivity contribution in [2.24, 2.45) is 0 Å². The number of carbonyl (C=O) groups is 1. The maximum Gasteiger partial charge on any atom is 0.272 e. The van der Waals surface area contributed by atoms with Gasteiger partial charge in [-0.05, 0) is 24.5 Å². The van der Waals surface area contributed by atoms with Crippen molar-refractivity contribution in [3.05, 3.63) is 52.8 Å². The van der Waals surface area contributed by atoms with Crippen LogP contribution in [0.3, 0.4) is 0 Å². The molecule has 0 fully saturated rings. The third kappa shape index (κ3) is 7.22. The van der Waals surface area contributed by atoms with Crippen LogP contribution in [0.4, 0.5) is 17.3 Å². The molecule has 2 heterocycles. The third-order valence-corrected chi connectivity index (χ3v) is 5.54. The van der Waals surface area contributed by atoms with E-state index in [0.29, 0.717) is 34.7 Å². The maximum atomic E-state index is 12.7. The predicted octanol–water partition coefficient (Wildman–Crippen LogP) is 2.47. The fourth-order valence-electron chi connectivity index (χ4n) is 2.98. The molecule has 1 aromatic carbocycles. The van der Waals surface area contributed by atoms with Gasteiger partial charge in [0.05, 0.1) is 53.4 Å². The molecule has 0 atom stereocenters. The van der Waals surface area contributed by atoms with E-state index in [4.69, 9.17) is 44.6 Å². The monoisotopic (exact) mass is 504 g/mol. The van der Waals surface area contributed by atoms with E-state index in [1.54, 1.807) is 32.4 Å². The van der Waals surface area contributed by atoms with Crippen molar-refractivity contribution < 1.29 is 14.3 Å². The topological polar surface area (TPSA) is 110 Å². The normalized spacial score (nSPS) is 11.0. The molecule has 0 aliphatic heterocycles. The second kappa shape index (κ2) is 11.6. The van der Waals surface area contributed by atoms with Crippen LogP contribution in [0, 0.1) is 0 Å². The van der Waals surface area contributed by atoms with Crippen molar-refractivity contribution in [1.29, 1.82) is 0 Å². The van der Waals surface area contributed by atoms with Gasteiger partial charge in [-0.1, -0.05) is 16.8 Å². The van der Waals surface area contributed by atoms with Crippen LogP contribution in [-0.2, 0) is 6.54 Å². The Labute approximate surface area is 216 Å². The van der Waals surface area contributed by atoms with Crippen molar-refractivity contribution in [3.8, 4) is 11.5 Å². The number of thioether (sulfide) groups is 1. The summed E-state index contributed by atoms with van der Waals surface area (Å²) in [6, 6.07) is 8.81. The molecule has 14 heteroatoms. The zero-order valence-corrected chi connectivity index (χ0v) is 20.8. The van der Waals surface area contributed by atoms with Crippen LogP contribution in [0.5, 0.6) is 11.5 Å². The molecule has 9 nitrogen and oxygen atoms in total. The Morgan fingerprint density at radius 1 is 1.14 bits per heavy atom. The van der Waals surface area contributed by atoms with E-state index in [1.807, 2.05) is 18.4 Å². The van der Waals surface area contributed by atoms with Crippen molar-refractivity contribution in [1.82, 2.24) is 20.5 Å². The van der Waals surface area contributed by atoms with Crippen molar-refractivity contribution in [2.45, 2.75) is 16.7 Å². The molecule has 2 aromatic heterocycles. The first-order chi connectivity index (χ1) is 16.6. The predicted molar refractivity (Wildman–Crippen MR) is 141 cm³/mol. The summed E-state index contributed by atoms with van der Waals surface area (Å²) in [4.78, 5) is 17.8. The molecule has 0 saturated heterocycles. The average Bonchev–Trinajstić information content (AvgIpc) is 2.82. The highest BCUT2D eigenvalue weighted by Crippen LogP contribution is 2.30. The van der Waals surface area contributed by atoms with E-state index in [0.717, 1.165) is 10.5 Å². The van der Waals surface area contributed by atoms with Gasteiger partial charge in [0.1, 0.15) is 17.3 Å². The number of anilines is 3. The highest BCUT2D eigenvalue weighted by Gasteiger charge is 2.21. The lowest BCUT2D eigenvalue weighted by Crippen LogP contribution is -2.50. The first kappa shape index (κ1) is 26.6. The molecule has 0 bridgehead atoms. The first-order valence-corrected chi connectivity index (χ1v) is 11.7. The summed E-state index contributed by atoms with van der Waals surface area (Å²) >= 11 is 7.49. The molecule has 6 radical (unpaired) electrons. The lowest BCUT2D eigenvalue weighted by atomic mass is 9.49. The summed E-state index contributed by atoms with van der Waals surface area (Å²) in [6.07, 6.45) is 3.36. The maximum absolute atomic E-state index is 12.7. The third-order valence-electron chi connectivity index (χ3n) is 4.59.